The first-order valence-corrected chi connectivity index (χ1v) is 3.61. The van der Waals surface area contributed by atoms with E-state index in [2.05, 4.69) is 4.98 Å². The SMILES string of the molecule is Nc1cnc(Cl)c(CCl)c1. The lowest BCUT2D eigenvalue weighted by Gasteiger charge is -1.98. The van der Waals surface area contributed by atoms with Gasteiger partial charge in [-0.15, -0.1) is 11.6 Å². The zero-order valence-electron chi connectivity index (χ0n) is 5.14. The van der Waals surface area contributed by atoms with Crippen LogP contribution in [0.5, 0.6) is 0 Å². The van der Waals surface area contributed by atoms with Gasteiger partial charge >= 0.3 is 0 Å². The van der Waals surface area contributed by atoms with Gasteiger partial charge in [0, 0.05) is 5.56 Å². The minimum absolute atomic E-state index is 0.344. The largest absolute Gasteiger partial charge is 0.397 e. The minimum Gasteiger partial charge on any atom is -0.397 e. The number of pyridine rings is 1. The molecule has 1 rings (SSSR count). The molecule has 2 nitrogen and oxygen atoms in total. The van der Waals surface area contributed by atoms with Crippen molar-refractivity contribution in [2.24, 2.45) is 0 Å². The Morgan fingerprint density at radius 3 is 2.80 bits per heavy atom. The zero-order valence-corrected chi connectivity index (χ0v) is 6.65. The number of alkyl halides is 1. The van der Waals surface area contributed by atoms with Crippen molar-refractivity contribution in [1.29, 1.82) is 0 Å². The van der Waals surface area contributed by atoms with Crippen LogP contribution in [0.15, 0.2) is 12.3 Å². The monoisotopic (exact) mass is 176 g/mol. The van der Waals surface area contributed by atoms with Crippen molar-refractivity contribution < 1.29 is 0 Å². The molecule has 0 atom stereocenters. The van der Waals surface area contributed by atoms with E-state index in [4.69, 9.17) is 28.9 Å². The quantitative estimate of drug-likeness (QED) is 0.526. The van der Waals surface area contributed by atoms with E-state index in [1.165, 1.54) is 6.20 Å². The summed E-state index contributed by atoms with van der Waals surface area (Å²) < 4.78 is 0. The number of nitrogens with two attached hydrogens (primary N) is 1. The van der Waals surface area contributed by atoms with E-state index in [0.29, 0.717) is 16.7 Å². The maximum Gasteiger partial charge on any atom is 0.133 e. The predicted molar refractivity (Wildman–Crippen MR) is 43.2 cm³/mol. The number of anilines is 1. The second-order valence-corrected chi connectivity index (χ2v) is 2.48. The topological polar surface area (TPSA) is 38.9 Å². The Morgan fingerprint density at radius 2 is 2.30 bits per heavy atom. The van der Waals surface area contributed by atoms with E-state index in [-0.39, 0.29) is 0 Å². The van der Waals surface area contributed by atoms with Gasteiger partial charge in [-0.1, -0.05) is 11.6 Å². The third-order valence-electron chi connectivity index (χ3n) is 1.08. The van der Waals surface area contributed by atoms with Crippen molar-refractivity contribution in [3.05, 3.63) is 23.0 Å². The van der Waals surface area contributed by atoms with Crippen molar-refractivity contribution in [2.45, 2.75) is 5.88 Å². The summed E-state index contributed by atoms with van der Waals surface area (Å²) in [7, 11) is 0. The van der Waals surface area contributed by atoms with Crippen LogP contribution in [0.1, 0.15) is 5.56 Å². The highest BCUT2D eigenvalue weighted by molar-refractivity contribution is 6.31. The second-order valence-electron chi connectivity index (χ2n) is 1.85. The fourth-order valence-electron chi connectivity index (χ4n) is 0.606. The van der Waals surface area contributed by atoms with Crippen LogP contribution in [0.25, 0.3) is 0 Å². The van der Waals surface area contributed by atoms with Gasteiger partial charge in [0.15, 0.2) is 0 Å². The number of rotatable bonds is 1. The maximum atomic E-state index is 5.65. The molecular formula is C6H6Cl2N2. The van der Waals surface area contributed by atoms with Gasteiger partial charge in [-0.25, -0.2) is 4.98 Å². The molecule has 0 spiro atoms. The van der Waals surface area contributed by atoms with Gasteiger partial charge in [0.05, 0.1) is 17.8 Å². The number of hydrogen-bond acceptors (Lipinski definition) is 2. The first kappa shape index (κ1) is 7.63. The molecule has 0 radical (unpaired) electrons. The Balaban J connectivity index is 3.09. The Labute approximate surface area is 69.0 Å². The van der Waals surface area contributed by atoms with Gasteiger partial charge in [-0.05, 0) is 6.07 Å². The Morgan fingerprint density at radius 1 is 1.60 bits per heavy atom. The molecule has 0 aliphatic rings. The lowest BCUT2D eigenvalue weighted by Crippen LogP contribution is -1.90. The molecule has 0 aliphatic heterocycles. The molecule has 0 amide bonds. The predicted octanol–water partition coefficient (Wildman–Crippen LogP) is 2.06. The molecule has 0 aliphatic carbocycles. The lowest BCUT2D eigenvalue weighted by molar-refractivity contribution is 1.25. The van der Waals surface area contributed by atoms with Crippen LogP contribution >= 0.6 is 23.2 Å². The molecular weight excluding hydrogens is 171 g/mol. The van der Waals surface area contributed by atoms with Gasteiger partial charge in [0.1, 0.15) is 5.15 Å². The van der Waals surface area contributed by atoms with Crippen LogP contribution in [0, 0.1) is 0 Å². The molecule has 0 saturated carbocycles. The lowest BCUT2D eigenvalue weighted by atomic mass is 10.3. The highest BCUT2D eigenvalue weighted by atomic mass is 35.5. The molecule has 0 saturated heterocycles. The molecule has 10 heavy (non-hydrogen) atoms. The second kappa shape index (κ2) is 3.08. The normalized spacial score (nSPS) is 9.80. The standard InChI is InChI=1S/C6H6Cl2N2/c7-2-4-1-5(9)3-10-6(4)8/h1,3H,2,9H2. The van der Waals surface area contributed by atoms with E-state index in [1.807, 2.05) is 0 Å². The molecule has 1 aromatic heterocycles. The van der Waals surface area contributed by atoms with Crippen LogP contribution in [-0.2, 0) is 5.88 Å². The fourth-order valence-corrected chi connectivity index (χ4v) is 1.05. The molecule has 2 N–H and O–H groups in total. The molecule has 1 heterocycles. The maximum absolute atomic E-state index is 5.65. The zero-order chi connectivity index (χ0) is 7.56. The Bertz CT molecular complexity index is 237. The smallest absolute Gasteiger partial charge is 0.133 e. The fraction of sp³-hybridized carbons (Fsp3) is 0.167. The van der Waals surface area contributed by atoms with Crippen LogP contribution in [0.4, 0.5) is 5.69 Å². The average Bonchev–Trinajstić information content (AvgIpc) is 1.94. The van der Waals surface area contributed by atoms with Crippen LogP contribution in [0.2, 0.25) is 5.15 Å². The van der Waals surface area contributed by atoms with Gasteiger partial charge in [-0.2, -0.15) is 0 Å². The molecule has 0 fully saturated rings. The Kier molecular flexibility index (Phi) is 2.35. The molecule has 0 unspecified atom stereocenters. The third kappa shape index (κ3) is 1.52. The van der Waals surface area contributed by atoms with E-state index >= 15 is 0 Å². The van der Waals surface area contributed by atoms with Crippen molar-refractivity contribution >= 4 is 28.9 Å². The summed E-state index contributed by atoms with van der Waals surface area (Å²) in [5.41, 5.74) is 6.77. The van der Waals surface area contributed by atoms with Crippen molar-refractivity contribution in [3.63, 3.8) is 0 Å². The van der Waals surface area contributed by atoms with Crippen molar-refractivity contribution in [3.8, 4) is 0 Å². The van der Waals surface area contributed by atoms with Crippen molar-refractivity contribution in [1.82, 2.24) is 4.98 Å². The van der Waals surface area contributed by atoms with Crippen LogP contribution < -0.4 is 5.73 Å². The molecule has 0 bridgehead atoms. The highest BCUT2D eigenvalue weighted by Crippen LogP contribution is 2.16. The van der Waals surface area contributed by atoms with Gasteiger partial charge in [-0.3, -0.25) is 0 Å². The Hall–Kier alpha value is -0.470. The van der Waals surface area contributed by atoms with Crippen molar-refractivity contribution in [2.75, 3.05) is 5.73 Å². The number of hydrogen-bond donors (Lipinski definition) is 1. The number of aromatic nitrogens is 1. The van der Waals surface area contributed by atoms with E-state index in [0.717, 1.165) is 5.56 Å². The highest BCUT2D eigenvalue weighted by Gasteiger charge is 1.98. The van der Waals surface area contributed by atoms with Gasteiger partial charge < -0.3 is 5.73 Å². The number of nitrogen functional groups attached to an aromatic ring is 1. The number of nitrogens with zero attached hydrogens (tertiary/aromatic N) is 1. The van der Waals surface area contributed by atoms with E-state index in [1.54, 1.807) is 6.07 Å². The third-order valence-corrected chi connectivity index (χ3v) is 1.71. The summed E-state index contributed by atoms with van der Waals surface area (Å²) >= 11 is 11.2. The van der Waals surface area contributed by atoms with E-state index < -0.39 is 0 Å². The number of halogens is 2. The average molecular weight is 177 g/mol. The summed E-state index contributed by atoms with van der Waals surface area (Å²) in [6.07, 6.45) is 1.50. The summed E-state index contributed by atoms with van der Waals surface area (Å²) in [6.45, 7) is 0. The summed E-state index contributed by atoms with van der Waals surface area (Å²) in [5.74, 6) is 0.344. The molecule has 4 heteroatoms. The first-order chi connectivity index (χ1) is 4.74. The van der Waals surface area contributed by atoms with Gasteiger partial charge in [0.25, 0.3) is 0 Å². The van der Waals surface area contributed by atoms with E-state index in [9.17, 15) is 0 Å². The molecule has 54 valence electrons. The molecule has 0 aromatic carbocycles. The first-order valence-electron chi connectivity index (χ1n) is 2.70. The van der Waals surface area contributed by atoms with Crippen LogP contribution in [0.3, 0.4) is 0 Å². The summed E-state index contributed by atoms with van der Waals surface area (Å²) in [4.78, 5) is 3.81. The minimum atomic E-state index is 0.344. The van der Waals surface area contributed by atoms with Gasteiger partial charge in [0.2, 0.25) is 0 Å². The summed E-state index contributed by atoms with van der Waals surface area (Å²) in [6, 6.07) is 1.71. The molecule has 1 aromatic rings. The summed E-state index contributed by atoms with van der Waals surface area (Å²) in [5, 5.41) is 0.421. The van der Waals surface area contributed by atoms with Crippen LogP contribution in [-0.4, -0.2) is 4.98 Å².